The van der Waals surface area contributed by atoms with Crippen molar-refractivity contribution in [2.45, 2.75) is 20.2 Å². The molecule has 5 nitrogen and oxygen atoms in total. The largest absolute Gasteiger partial charge is 0.524 e. The molecule has 0 atom stereocenters. The lowest BCUT2D eigenvalue weighted by Gasteiger charge is -2.39. The van der Waals surface area contributed by atoms with Gasteiger partial charge in [0.1, 0.15) is 5.58 Å². The molecule has 0 aliphatic rings. The van der Waals surface area contributed by atoms with Gasteiger partial charge in [-0.3, -0.25) is 0 Å². The third-order valence-corrected chi connectivity index (χ3v) is 9.44. The van der Waals surface area contributed by atoms with Crippen LogP contribution < -0.4 is 5.63 Å². The quantitative estimate of drug-likeness (QED) is 0.264. The number of alkyl halides is 3. The Morgan fingerprint density at radius 2 is 1.25 bits per heavy atom. The molecule has 166 valence electrons. The van der Waals surface area contributed by atoms with E-state index in [-0.39, 0.29) is 20.3 Å². The molecule has 1 aromatic heterocycles. The number of hydrogen-bond acceptors (Lipinski definition) is 5. The lowest BCUT2D eigenvalue weighted by Crippen LogP contribution is -2.27. The highest BCUT2D eigenvalue weighted by molar-refractivity contribution is 8.33. The summed E-state index contributed by atoms with van der Waals surface area (Å²) in [4.78, 5) is 12.3. The van der Waals surface area contributed by atoms with E-state index in [2.05, 4.69) is 0 Å². The van der Waals surface area contributed by atoms with Gasteiger partial charge in [-0.15, -0.1) is 0 Å². The molecule has 3 aromatic carbocycles. The number of fused-ring (bicyclic) bond motifs is 1. The summed E-state index contributed by atoms with van der Waals surface area (Å²) >= 11 is 0. The summed E-state index contributed by atoms with van der Waals surface area (Å²) in [7, 11) is -9.46. The Kier molecular flexibility index (Phi) is 5.61. The van der Waals surface area contributed by atoms with E-state index in [0.717, 1.165) is 0 Å². The van der Waals surface area contributed by atoms with Crippen molar-refractivity contribution in [2.75, 3.05) is 0 Å². The van der Waals surface area contributed by atoms with Gasteiger partial charge in [0.15, 0.2) is 0 Å². The Balaban J connectivity index is 2.11. The molecule has 0 aliphatic heterocycles. The topological polar surface area (TPSA) is 73.6 Å². The molecule has 0 saturated heterocycles. The summed E-state index contributed by atoms with van der Waals surface area (Å²) < 4.78 is 75.3. The van der Waals surface area contributed by atoms with Gasteiger partial charge < -0.3 is 4.42 Å². The normalized spacial score (nSPS) is 13.2. The summed E-state index contributed by atoms with van der Waals surface area (Å²) in [5.41, 5.74) is -6.21. The third kappa shape index (κ3) is 3.92. The van der Waals surface area contributed by atoms with E-state index in [1.165, 1.54) is 54.6 Å². The Morgan fingerprint density at radius 3 is 1.78 bits per heavy atom. The van der Waals surface area contributed by atoms with E-state index in [1.807, 2.05) is 0 Å². The van der Waals surface area contributed by atoms with Gasteiger partial charge in [0.2, 0.25) is 0 Å². The van der Waals surface area contributed by atoms with E-state index in [4.69, 9.17) is 8.05 Å². The highest BCUT2D eigenvalue weighted by Crippen LogP contribution is 2.70. The predicted molar refractivity (Wildman–Crippen MR) is 114 cm³/mol. The fourth-order valence-electron chi connectivity index (χ4n) is 3.14. The third-order valence-electron chi connectivity index (χ3n) is 4.55. The van der Waals surface area contributed by atoms with Crippen molar-refractivity contribution >= 4 is 31.4 Å². The Bertz CT molecular complexity index is 1380. The minimum Gasteiger partial charge on any atom is -0.423 e. The van der Waals surface area contributed by atoms with E-state index in [9.17, 15) is 26.4 Å². The van der Waals surface area contributed by atoms with Gasteiger partial charge in [-0.1, -0.05) is 42.5 Å². The monoisotopic (exact) mass is 480 g/mol. The van der Waals surface area contributed by atoms with Crippen molar-refractivity contribution in [1.82, 2.24) is 0 Å². The van der Waals surface area contributed by atoms with Crippen molar-refractivity contribution in [2.24, 2.45) is 0 Å². The van der Waals surface area contributed by atoms with Gasteiger partial charge in [0.25, 0.3) is 0 Å². The molecule has 0 N–H and O–H groups in total. The van der Waals surface area contributed by atoms with Crippen LogP contribution in [0, 0.1) is 0 Å². The van der Waals surface area contributed by atoms with Gasteiger partial charge in [-0.05, 0) is 52.8 Å². The van der Waals surface area contributed by atoms with Gasteiger partial charge in [-0.2, -0.15) is 25.2 Å². The van der Waals surface area contributed by atoms with Crippen molar-refractivity contribution in [1.29, 1.82) is 0 Å². The molecule has 0 radical (unpaired) electrons. The van der Waals surface area contributed by atoms with Crippen LogP contribution in [0.1, 0.15) is 0 Å². The molecular formula is C22H15F3O5S2. The fraction of sp³-hybridized carbons (Fsp3) is 0.0455. The minimum atomic E-state index is -6.02. The van der Waals surface area contributed by atoms with Crippen molar-refractivity contribution < 1.29 is 29.6 Å². The van der Waals surface area contributed by atoms with Crippen LogP contribution in [0.2, 0.25) is 0 Å². The highest BCUT2D eigenvalue weighted by atomic mass is 32.3. The van der Waals surface area contributed by atoms with Crippen LogP contribution >= 0.6 is 10.3 Å². The Morgan fingerprint density at radius 1 is 0.719 bits per heavy atom. The number of hydrogen-bond donors (Lipinski definition) is 0. The van der Waals surface area contributed by atoms with Crippen molar-refractivity contribution in [3.05, 3.63) is 101 Å². The molecule has 1 heterocycles. The van der Waals surface area contributed by atoms with E-state index < -0.39 is 31.6 Å². The summed E-state index contributed by atoms with van der Waals surface area (Å²) in [6.07, 6.45) is 0. The molecule has 0 aliphatic carbocycles. The first-order chi connectivity index (χ1) is 15.1. The average molecular weight is 480 g/mol. The second-order valence-corrected chi connectivity index (χ2v) is 11.0. The van der Waals surface area contributed by atoms with Crippen LogP contribution in [-0.4, -0.2) is 13.9 Å². The van der Waals surface area contributed by atoms with Crippen molar-refractivity contribution in [3.63, 3.8) is 0 Å². The van der Waals surface area contributed by atoms with Gasteiger partial charge in [-0.25, -0.2) is 4.79 Å². The number of benzene rings is 3. The maximum absolute atomic E-state index is 13.5. The Hall–Kier alpha value is -3.08. The first kappa shape index (κ1) is 22.1. The standard InChI is InChI=1S/C22H15F3O5S2/c23-22(24,25)32(27,28)30-31(17-7-3-1-4-8-17,18-9-5-2-6-10-18)19-13-11-16-12-14-21(26)29-20(16)15-19/h1-15H. The minimum absolute atomic E-state index is 0.0896. The number of rotatable bonds is 5. The summed E-state index contributed by atoms with van der Waals surface area (Å²) in [5, 5.41) is 0.515. The molecule has 0 saturated carbocycles. The zero-order chi connectivity index (χ0) is 23.0. The molecule has 0 amide bonds. The van der Waals surface area contributed by atoms with E-state index >= 15 is 0 Å². The zero-order valence-corrected chi connectivity index (χ0v) is 17.8. The maximum atomic E-state index is 13.5. The van der Waals surface area contributed by atoms with Crippen molar-refractivity contribution in [3.8, 4) is 0 Å². The first-order valence-electron chi connectivity index (χ1n) is 9.13. The summed E-state index contributed by atoms with van der Waals surface area (Å²) in [6, 6.07) is 22.7. The fourth-order valence-corrected chi connectivity index (χ4v) is 7.90. The van der Waals surface area contributed by atoms with Crippen LogP contribution in [0.5, 0.6) is 0 Å². The maximum Gasteiger partial charge on any atom is 0.524 e. The van der Waals surface area contributed by atoms with E-state index in [1.54, 1.807) is 36.4 Å². The van der Waals surface area contributed by atoms with Gasteiger partial charge >= 0.3 is 21.3 Å². The molecule has 32 heavy (non-hydrogen) atoms. The molecular weight excluding hydrogens is 465 g/mol. The van der Waals surface area contributed by atoms with Crippen LogP contribution in [0.25, 0.3) is 11.0 Å². The molecule has 0 spiro atoms. The molecule has 0 fully saturated rings. The molecule has 4 rings (SSSR count). The van der Waals surface area contributed by atoms with E-state index in [0.29, 0.717) is 5.39 Å². The SMILES string of the molecule is O=c1ccc2ccc(S(OS(=O)(=O)C(F)(F)F)(c3ccccc3)c3ccccc3)cc2o1. The Labute approximate surface area is 182 Å². The average Bonchev–Trinajstić information content (AvgIpc) is 2.77. The smallest absolute Gasteiger partial charge is 0.423 e. The summed E-state index contributed by atoms with van der Waals surface area (Å²) in [5.74, 6) is 0. The summed E-state index contributed by atoms with van der Waals surface area (Å²) in [6.45, 7) is 0. The van der Waals surface area contributed by atoms with Crippen LogP contribution in [-0.2, 0) is 13.7 Å². The van der Waals surface area contributed by atoms with Crippen LogP contribution in [0.4, 0.5) is 13.2 Å². The highest BCUT2D eigenvalue weighted by Gasteiger charge is 2.52. The number of halogens is 3. The molecule has 10 heteroatoms. The van der Waals surface area contributed by atoms with Crippen LogP contribution in [0.15, 0.2) is 115 Å². The molecule has 0 unspecified atom stereocenters. The molecule has 0 bridgehead atoms. The lowest BCUT2D eigenvalue weighted by molar-refractivity contribution is -0.0496. The second-order valence-electron chi connectivity index (χ2n) is 6.60. The van der Waals surface area contributed by atoms with Gasteiger partial charge in [0, 0.05) is 26.1 Å². The first-order valence-corrected chi connectivity index (χ1v) is 12.1. The zero-order valence-electron chi connectivity index (χ0n) is 16.2. The molecule has 4 aromatic rings. The second kappa shape index (κ2) is 8.12. The van der Waals surface area contributed by atoms with Gasteiger partial charge in [0.05, 0.1) is 0 Å². The van der Waals surface area contributed by atoms with Crippen LogP contribution in [0.3, 0.4) is 0 Å². The lowest BCUT2D eigenvalue weighted by atomic mass is 10.2. The predicted octanol–water partition coefficient (Wildman–Crippen LogP) is 5.86.